The van der Waals surface area contributed by atoms with Crippen molar-refractivity contribution >= 4 is 5.91 Å². The Labute approximate surface area is 114 Å². The quantitative estimate of drug-likeness (QED) is 0.896. The molecule has 0 aromatic heterocycles. The summed E-state index contributed by atoms with van der Waals surface area (Å²) in [5.41, 5.74) is 7.20. The number of carbonyl (C=O) groups is 1. The van der Waals surface area contributed by atoms with Crippen LogP contribution in [-0.4, -0.2) is 37.1 Å². The highest BCUT2D eigenvalue weighted by Crippen LogP contribution is 2.22. The fourth-order valence-electron chi connectivity index (χ4n) is 2.45. The van der Waals surface area contributed by atoms with Gasteiger partial charge in [-0.25, -0.2) is 0 Å². The average molecular weight is 262 g/mol. The first kappa shape index (κ1) is 14.0. The number of nitrogens with zero attached hydrogens (tertiary/aromatic N) is 1. The third kappa shape index (κ3) is 3.14. The largest absolute Gasteiger partial charge is 0.379 e. The Morgan fingerprint density at radius 1 is 1.42 bits per heavy atom. The van der Waals surface area contributed by atoms with E-state index in [4.69, 9.17) is 10.5 Å². The molecule has 19 heavy (non-hydrogen) atoms. The molecule has 0 bridgehead atoms. The summed E-state index contributed by atoms with van der Waals surface area (Å²) in [7, 11) is 1.84. The molecular weight excluding hydrogens is 240 g/mol. The number of rotatable bonds is 4. The zero-order chi connectivity index (χ0) is 13.8. The molecule has 1 aliphatic heterocycles. The van der Waals surface area contributed by atoms with Crippen LogP contribution in [0.3, 0.4) is 0 Å². The van der Waals surface area contributed by atoms with Crippen LogP contribution in [0.15, 0.2) is 30.3 Å². The van der Waals surface area contributed by atoms with Crippen molar-refractivity contribution in [2.24, 2.45) is 11.7 Å². The van der Waals surface area contributed by atoms with Gasteiger partial charge in [-0.1, -0.05) is 37.3 Å². The van der Waals surface area contributed by atoms with E-state index in [1.807, 2.05) is 44.3 Å². The van der Waals surface area contributed by atoms with Crippen LogP contribution < -0.4 is 5.73 Å². The lowest BCUT2D eigenvalue weighted by Crippen LogP contribution is -2.43. The number of nitrogens with two attached hydrogens (primary N) is 1. The maximum atomic E-state index is 12.4. The minimum atomic E-state index is -0.265. The Morgan fingerprint density at radius 2 is 2.11 bits per heavy atom. The minimum Gasteiger partial charge on any atom is -0.379 e. The molecule has 1 aromatic rings. The van der Waals surface area contributed by atoms with E-state index >= 15 is 0 Å². The van der Waals surface area contributed by atoms with Crippen molar-refractivity contribution in [1.29, 1.82) is 0 Å². The molecule has 0 aliphatic carbocycles. The van der Waals surface area contributed by atoms with Crippen LogP contribution in [0.2, 0.25) is 0 Å². The molecule has 3 unspecified atom stereocenters. The molecule has 104 valence electrons. The Hall–Kier alpha value is -1.39. The number of likely N-dealkylation sites (N-methyl/N-ethyl adjacent to an activating group) is 1. The molecule has 1 heterocycles. The molecular formula is C15H22N2O2. The van der Waals surface area contributed by atoms with Crippen LogP contribution in [0, 0.1) is 5.92 Å². The number of amides is 1. The second kappa shape index (κ2) is 6.17. The lowest BCUT2D eigenvalue weighted by Gasteiger charge is -2.29. The first-order chi connectivity index (χ1) is 9.11. The monoisotopic (exact) mass is 262 g/mol. The second-order valence-corrected chi connectivity index (χ2v) is 5.19. The van der Waals surface area contributed by atoms with Gasteiger partial charge in [0.05, 0.1) is 18.6 Å². The van der Waals surface area contributed by atoms with Gasteiger partial charge in [0.15, 0.2) is 0 Å². The summed E-state index contributed by atoms with van der Waals surface area (Å²) < 4.78 is 5.33. The molecule has 1 aliphatic rings. The Morgan fingerprint density at radius 3 is 2.68 bits per heavy atom. The predicted molar refractivity (Wildman–Crippen MR) is 74.5 cm³/mol. The lowest BCUT2D eigenvalue weighted by molar-refractivity contribution is -0.136. The van der Waals surface area contributed by atoms with Crippen molar-refractivity contribution in [2.45, 2.75) is 25.4 Å². The van der Waals surface area contributed by atoms with Gasteiger partial charge in [0.1, 0.15) is 0 Å². The van der Waals surface area contributed by atoms with Gasteiger partial charge in [0.2, 0.25) is 5.91 Å². The molecule has 1 fully saturated rings. The van der Waals surface area contributed by atoms with Gasteiger partial charge >= 0.3 is 0 Å². The lowest BCUT2D eigenvalue weighted by atomic mass is 9.94. The van der Waals surface area contributed by atoms with E-state index in [1.165, 1.54) is 0 Å². The number of benzene rings is 1. The Kier molecular flexibility index (Phi) is 4.56. The molecule has 1 amide bonds. The first-order valence-electron chi connectivity index (χ1n) is 6.76. The number of ether oxygens (including phenoxy) is 1. The maximum Gasteiger partial charge on any atom is 0.227 e. The molecule has 2 rings (SSSR count). The van der Waals surface area contributed by atoms with Crippen LogP contribution in [0.4, 0.5) is 0 Å². The summed E-state index contributed by atoms with van der Waals surface area (Å²) in [5, 5.41) is 0. The number of hydrogen-bond acceptors (Lipinski definition) is 3. The van der Waals surface area contributed by atoms with Gasteiger partial charge in [-0.15, -0.1) is 0 Å². The van der Waals surface area contributed by atoms with Gasteiger partial charge in [-0.05, 0) is 12.0 Å². The summed E-state index contributed by atoms with van der Waals surface area (Å²) in [6.07, 6.45) is 0.912. The smallest absolute Gasteiger partial charge is 0.227 e. The van der Waals surface area contributed by atoms with Crippen LogP contribution in [0.1, 0.15) is 24.9 Å². The summed E-state index contributed by atoms with van der Waals surface area (Å²) in [6, 6.07) is 9.70. The molecule has 4 heteroatoms. The molecule has 2 N–H and O–H groups in total. The van der Waals surface area contributed by atoms with Crippen molar-refractivity contribution < 1.29 is 9.53 Å². The van der Waals surface area contributed by atoms with E-state index in [9.17, 15) is 4.79 Å². The molecule has 1 saturated heterocycles. The predicted octanol–water partition coefficient (Wildman–Crippen LogP) is 1.57. The van der Waals surface area contributed by atoms with Crippen molar-refractivity contribution in [3.8, 4) is 0 Å². The normalized spacial score (nSPS) is 21.9. The van der Waals surface area contributed by atoms with Crippen LogP contribution in [0.25, 0.3) is 0 Å². The Bertz CT molecular complexity index is 415. The highest BCUT2D eigenvalue weighted by atomic mass is 16.5. The van der Waals surface area contributed by atoms with Crippen LogP contribution >= 0.6 is 0 Å². The standard InChI is InChI=1S/C15H22N2O2/c1-11(14(16)12-6-4-3-5-7-12)15(18)17(2)13-8-9-19-10-13/h3-7,11,13-14H,8-10,16H2,1-2H3. The second-order valence-electron chi connectivity index (χ2n) is 5.19. The van der Waals surface area contributed by atoms with E-state index in [1.54, 1.807) is 4.90 Å². The minimum absolute atomic E-state index is 0.0897. The van der Waals surface area contributed by atoms with Gasteiger partial charge in [-0.3, -0.25) is 4.79 Å². The fourth-order valence-corrected chi connectivity index (χ4v) is 2.45. The maximum absolute atomic E-state index is 12.4. The summed E-state index contributed by atoms with van der Waals surface area (Å²) in [4.78, 5) is 14.2. The van der Waals surface area contributed by atoms with Crippen molar-refractivity contribution in [3.63, 3.8) is 0 Å². The number of carbonyl (C=O) groups excluding carboxylic acids is 1. The SMILES string of the molecule is CC(C(=O)N(C)C1CCOC1)C(N)c1ccccc1. The van der Waals surface area contributed by atoms with Crippen LogP contribution in [0.5, 0.6) is 0 Å². The third-order valence-corrected chi connectivity index (χ3v) is 3.91. The average Bonchev–Trinajstić information content (AvgIpc) is 2.99. The molecule has 0 saturated carbocycles. The molecule has 0 spiro atoms. The van der Waals surface area contributed by atoms with Gasteiger partial charge < -0.3 is 15.4 Å². The highest BCUT2D eigenvalue weighted by Gasteiger charge is 2.30. The molecule has 3 atom stereocenters. The van der Waals surface area contributed by atoms with E-state index < -0.39 is 0 Å². The summed E-state index contributed by atoms with van der Waals surface area (Å²) >= 11 is 0. The van der Waals surface area contributed by atoms with Crippen molar-refractivity contribution in [2.75, 3.05) is 20.3 Å². The van der Waals surface area contributed by atoms with E-state index in [0.717, 1.165) is 18.6 Å². The van der Waals surface area contributed by atoms with Crippen molar-refractivity contribution in [3.05, 3.63) is 35.9 Å². The zero-order valence-electron chi connectivity index (χ0n) is 11.6. The van der Waals surface area contributed by atoms with E-state index in [-0.39, 0.29) is 23.9 Å². The van der Waals surface area contributed by atoms with Crippen molar-refractivity contribution in [1.82, 2.24) is 4.90 Å². The third-order valence-electron chi connectivity index (χ3n) is 3.91. The molecule has 0 radical (unpaired) electrons. The van der Waals surface area contributed by atoms with Gasteiger partial charge in [0, 0.05) is 19.7 Å². The van der Waals surface area contributed by atoms with Crippen LogP contribution in [-0.2, 0) is 9.53 Å². The molecule has 1 aromatic carbocycles. The first-order valence-corrected chi connectivity index (χ1v) is 6.76. The van der Waals surface area contributed by atoms with E-state index in [2.05, 4.69) is 0 Å². The topological polar surface area (TPSA) is 55.6 Å². The van der Waals surface area contributed by atoms with E-state index in [0.29, 0.717) is 6.61 Å². The fraction of sp³-hybridized carbons (Fsp3) is 0.533. The van der Waals surface area contributed by atoms with Gasteiger partial charge in [0.25, 0.3) is 0 Å². The molecule has 4 nitrogen and oxygen atoms in total. The summed E-state index contributed by atoms with van der Waals surface area (Å²) in [6.45, 7) is 3.27. The highest BCUT2D eigenvalue weighted by molar-refractivity contribution is 5.79. The number of hydrogen-bond donors (Lipinski definition) is 1. The van der Waals surface area contributed by atoms with Gasteiger partial charge in [-0.2, -0.15) is 0 Å². The summed E-state index contributed by atoms with van der Waals surface area (Å²) in [5.74, 6) is -0.139. The zero-order valence-corrected chi connectivity index (χ0v) is 11.6. The Balaban J connectivity index is 2.02.